The molecule has 1 aromatic heterocycles. The number of hydrogen-bond acceptors (Lipinski definition) is 2. The normalized spacial score (nSPS) is 15.5. The monoisotopic (exact) mass is 534 g/mol. The predicted molar refractivity (Wildman–Crippen MR) is 179 cm³/mol. The summed E-state index contributed by atoms with van der Waals surface area (Å²) in [5.74, 6) is 0. The molecule has 2 nitrogen and oxygen atoms in total. The van der Waals surface area contributed by atoms with Gasteiger partial charge in [0.05, 0.1) is 17.1 Å². The van der Waals surface area contributed by atoms with Gasteiger partial charge >= 0.3 is 0 Å². The van der Waals surface area contributed by atoms with E-state index < -0.39 is 0 Å². The summed E-state index contributed by atoms with van der Waals surface area (Å²) in [7, 11) is 0. The zero-order valence-corrected chi connectivity index (χ0v) is 22.9. The van der Waals surface area contributed by atoms with Crippen LogP contribution in [-0.4, -0.2) is 11.0 Å². The van der Waals surface area contributed by atoms with Crippen molar-refractivity contribution in [3.05, 3.63) is 151 Å². The third kappa shape index (κ3) is 3.55. The standard InChI is InChI=1S/C40H26N2/c1-7-15-37-27(9-1)21-35-31-13-5-3-11-29(31)33(23-39(35)41-37)25-17-19-26(20-18-25)34-24-40-36(32-14-6-4-12-30(32)34)22-28-10-2-8-16-38(28)42-40/h1-24,37,41H. The number of hydrogen-bond donors (Lipinski definition) is 1. The molecule has 0 radical (unpaired) electrons. The first-order valence-corrected chi connectivity index (χ1v) is 14.5. The highest BCUT2D eigenvalue weighted by molar-refractivity contribution is 6.15. The van der Waals surface area contributed by atoms with Crippen LogP contribution in [0.25, 0.3) is 71.7 Å². The van der Waals surface area contributed by atoms with E-state index in [-0.39, 0.29) is 6.04 Å². The van der Waals surface area contributed by atoms with Gasteiger partial charge in [-0.3, -0.25) is 0 Å². The van der Waals surface area contributed by atoms with Gasteiger partial charge in [0.2, 0.25) is 0 Å². The van der Waals surface area contributed by atoms with E-state index in [2.05, 4.69) is 151 Å². The van der Waals surface area contributed by atoms with Crippen molar-refractivity contribution in [3.63, 3.8) is 0 Å². The molecule has 0 amide bonds. The molecule has 2 aliphatic rings. The number of aromatic nitrogens is 1. The molecule has 2 heteroatoms. The predicted octanol–water partition coefficient (Wildman–Crippen LogP) is 10.3. The van der Waals surface area contributed by atoms with E-state index in [0.29, 0.717) is 0 Å². The van der Waals surface area contributed by atoms with Crippen LogP contribution in [-0.2, 0) is 0 Å². The van der Waals surface area contributed by atoms with Crippen LogP contribution >= 0.6 is 0 Å². The number of rotatable bonds is 2. The maximum Gasteiger partial charge on any atom is 0.0722 e. The SMILES string of the molecule is C1=CC2=Cc3c(cc(-c4ccc(-c5cc6nc7ccccc7cc6c6ccccc56)cc4)c4ccccc34)NC2C=C1. The quantitative estimate of drug-likeness (QED) is 0.176. The van der Waals surface area contributed by atoms with Gasteiger partial charge in [-0.05, 0) is 79.7 Å². The fourth-order valence-corrected chi connectivity index (χ4v) is 6.76. The molecule has 1 N–H and O–H groups in total. The molecule has 7 aromatic rings. The second-order valence-corrected chi connectivity index (χ2v) is 11.2. The van der Waals surface area contributed by atoms with Crippen molar-refractivity contribution >= 4 is 55.1 Å². The smallest absolute Gasteiger partial charge is 0.0722 e. The van der Waals surface area contributed by atoms with E-state index in [0.717, 1.165) is 11.0 Å². The summed E-state index contributed by atoms with van der Waals surface area (Å²) in [6.45, 7) is 0. The molecular formula is C40H26N2. The molecule has 1 unspecified atom stereocenters. The maximum absolute atomic E-state index is 5.06. The minimum atomic E-state index is 0.214. The van der Waals surface area contributed by atoms with Gasteiger partial charge in [0.25, 0.3) is 0 Å². The molecule has 2 heterocycles. The summed E-state index contributed by atoms with van der Waals surface area (Å²) in [4.78, 5) is 5.06. The molecule has 0 spiro atoms. The lowest BCUT2D eigenvalue weighted by atomic mass is 9.87. The van der Waals surface area contributed by atoms with Crippen LogP contribution < -0.4 is 5.32 Å². The Bertz CT molecular complexity index is 2320. The Morgan fingerprint density at radius 3 is 2.02 bits per heavy atom. The van der Waals surface area contributed by atoms with Gasteiger partial charge in [-0.1, -0.05) is 115 Å². The number of anilines is 1. The maximum atomic E-state index is 5.06. The van der Waals surface area contributed by atoms with Crippen molar-refractivity contribution in [2.45, 2.75) is 6.04 Å². The van der Waals surface area contributed by atoms with E-state index in [9.17, 15) is 0 Å². The molecule has 42 heavy (non-hydrogen) atoms. The first-order valence-electron chi connectivity index (χ1n) is 14.5. The van der Waals surface area contributed by atoms with Crippen LogP contribution in [0.15, 0.2) is 145 Å². The lowest BCUT2D eigenvalue weighted by Gasteiger charge is -2.28. The first kappa shape index (κ1) is 23.3. The average molecular weight is 535 g/mol. The molecule has 6 aromatic carbocycles. The molecule has 1 aliphatic carbocycles. The Morgan fingerprint density at radius 2 is 1.21 bits per heavy atom. The highest BCUT2D eigenvalue weighted by Gasteiger charge is 2.21. The molecule has 9 rings (SSSR count). The first-order chi connectivity index (χ1) is 20.8. The zero-order chi connectivity index (χ0) is 27.6. The number of benzene rings is 6. The molecule has 1 atom stereocenters. The Hall–Kier alpha value is -5.47. The summed E-state index contributed by atoms with van der Waals surface area (Å²) >= 11 is 0. The highest BCUT2D eigenvalue weighted by Crippen LogP contribution is 2.42. The van der Waals surface area contributed by atoms with Crippen LogP contribution in [0.2, 0.25) is 0 Å². The van der Waals surface area contributed by atoms with Gasteiger partial charge in [-0.25, -0.2) is 4.98 Å². The van der Waals surface area contributed by atoms with Gasteiger partial charge in [0.1, 0.15) is 0 Å². The summed E-state index contributed by atoms with van der Waals surface area (Å²) in [6.07, 6.45) is 11.0. The van der Waals surface area contributed by atoms with E-state index in [4.69, 9.17) is 4.98 Å². The zero-order valence-electron chi connectivity index (χ0n) is 22.9. The lowest BCUT2D eigenvalue weighted by Crippen LogP contribution is -2.23. The van der Waals surface area contributed by atoms with E-state index >= 15 is 0 Å². The second kappa shape index (κ2) is 9.02. The molecule has 0 bridgehead atoms. The molecule has 0 saturated carbocycles. The van der Waals surface area contributed by atoms with Crippen LogP contribution in [0, 0.1) is 0 Å². The summed E-state index contributed by atoms with van der Waals surface area (Å²) in [5, 5.41) is 11.2. The highest BCUT2D eigenvalue weighted by atomic mass is 14.9. The summed E-state index contributed by atoms with van der Waals surface area (Å²) in [5.41, 5.74) is 10.7. The van der Waals surface area contributed by atoms with Gasteiger partial charge in [-0.2, -0.15) is 0 Å². The lowest BCUT2D eigenvalue weighted by molar-refractivity contribution is 1.04. The molecule has 0 fully saturated rings. The number of nitrogens with one attached hydrogen (secondary N) is 1. The van der Waals surface area contributed by atoms with Crippen LogP contribution in [0.4, 0.5) is 5.69 Å². The Morgan fingerprint density at radius 1 is 0.548 bits per heavy atom. The van der Waals surface area contributed by atoms with E-state index in [1.807, 2.05) is 0 Å². The van der Waals surface area contributed by atoms with Gasteiger partial charge in [0.15, 0.2) is 0 Å². The fourth-order valence-electron chi connectivity index (χ4n) is 6.76. The summed E-state index contributed by atoms with van der Waals surface area (Å²) in [6, 6.07) is 42.0. The van der Waals surface area contributed by atoms with Crippen molar-refractivity contribution in [3.8, 4) is 22.3 Å². The van der Waals surface area contributed by atoms with Gasteiger partial charge < -0.3 is 5.32 Å². The van der Waals surface area contributed by atoms with Gasteiger partial charge in [-0.15, -0.1) is 0 Å². The average Bonchev–Trinajstić information content (AvgIpc) is 3.06. The van der Waals surface area contributed by atoms with E-state index in [1.54, 1.807) is 0 Å². The number of para-hydroxylation sites is 1. The van der Waals surface area contributed by atoms with Crippen molar-refractivity contribution in [2.75, 3.05) is 5.32 Å². The minimum Gasteiger partial charge on any atom is -0.374 e. The number of pyridine rings is 1. The topological polar surface area (TPSA) is 24.9 Å². The Balaban J connectivity index is 1.20. The Labute approximate surface area is 244 Å². The van der Waals surface area contributed by atoms with E-state index in [1.165, 1.54) is 71.4 Å². The number of fused-ring (bicyclic) bond motifs is 8. The van der Waals surface area contributed by atoms with Crippen LogP contribution in [0.3, 0.4) is 0 Å². The second-order valence-electron chi connectivity index (χ2n) is 11.2. The minimum absolute atomic E-state index is 0.214. The third-order valence-electron chi connectivity index (χ3n) is 8.82. The van der Waals surface area contributed by atoms with Crippen molar-refractivity contribution < 1.29 is 0 Å². The van der Waals surface area contributed by atoms with Gasteiger partial charge in [0, 0.05) is 22.0 Å². The largest absolute Gasteiger partial charge is 0.374 e. The van der Waals surface area contributed by atoms with Crippen LogP contribution in [0.1, 0.15) is 5.56 Å². The molecule has 1 aliphatic heterocycles. The van der Waals surface area contributed by atoms with Crippen molar-refractivity contribution in [1.29, 1.82) is 0 Å². The Kier molecular flexibility index (Phi) is 4.99. The number of nitrogens with zero attached hydrogens (tertiary/aromatic N) is 1. The van der Waals surface area contributed by atoms with Crippen molar-refractivity contribution in [1.82, 2.24) is 4.98 Å². The third-order valence-corrected chi connectivity index (χ3v) is 8.82. The summed E-state index contributed by atoms with van der Waals surface area (Å²) < 4.78 is 0. The fraction of sp³-hybridized carbons (Fsp3) is 0.0250. The molecule has 196 valence electrons. The van der Waals surface area contributed by atoms with Crippen molar-refractivity contribution in [2.24, 2.45) is 0 Å². The number of allylic oxidation sites excluding steroid dienone is 2. The van der Waals surface area contributed by atoms with Crippen LogP contribution in [0.5, 0.6) is 0 Å². The molecule has 0 saturated heterocycles. The molecular weight excluding hydrogens is 508 g/mol.